The minimum atomic E-state index is -0.0407. The number of aliphatic hydroxyl groups is 1. The number of hydrogen-bond acceptors (Lipinski definition) is 3. The Labute approximate surface area is 130 Å². The first-order valence-corrected chi connectivity index (χ1v) is 9.37. The van der Waals surface area contributed by atoms with Crippen molar-refractivity contribution in [3.05, 3.63) is 0 Å². The number of hydrogen-bond donors (Lipinski definition) is 1. The largest absolute Gasteiger partial charge is 0.393 e. The highest BCUT2D eigenvalue weighted by Crippen LogP contribution is 2.30. The predicted octanol–water partition coefficient (Wildman–Crippen LogP) is 2.73. The normalized spacial score (nSPS) is 37.7. The minimum Gasteiger partial charge on any atom is -0.393 e. The Morgan fingerprint density at radius 2 is 1.62 bits per heavy atom. The molecule has 0 spiro atoms. The number of aliphatic hydroxyl groups excluding tert-OH is 1. The van der Waals surface area contributed by atoms with E-state index >= 15 is 0 Å². The summed E-state index contributed by atoms with van der Waals surface area (Å²) in [6, 6.07) is 0.844. The lowest BCUT2D eigenvalue weighted by atomic mass is 9.80. The molecule has 0 aromatic heterocycles. The van der Waals surface area contributed by atoms with Gasteiger partial charge in [0.05, 0.1) is 6.10 Å². The van der Waals surface area contributed by atoms with Crippen LogP contribution in [0.1, 0.15) is 58.3 Å². The number of piperidine rings is 2. The van der Waals surface area contributed by atoms with Crippen LogP contribution in [0.4, 0.5) is 0 Å². The Kier molecular flexibility index (Phi) is 5.58. The molecule has 0 aromatic rings. The maximum absolute atomic E-state index is 10.2. The molecule has 1 N–H and O–H groups in total. The van der Waals surface area contributed by atoms with Gasteiger partial charge in [0.15, 0.2) is 0 Å². The van der Waals surface area contributed by atoms with Gasteiger partial charge in [-0.2, -0.15) is 0 Å². The number of nitrogens with zero attached hydrogens (tertiary/aromatic N) is 2. The third kappa shape index (κ3) is 4.20. The van der Waals surface area contributed by atoms with Crippen molar-refractivity contribution in [2.24, 2.45) is 11.8 Å². The summed E-state index contributed by atoms with van der Waals surface area (Å²) < 4.78 is 0. The van der Waals surface area contributed by atoms with Gasteiger partial charge in [-0.1, -0.05) is 13.3 Å². The first-order valence-electron chi connectivity index (χ1n) is 9.37. The summed E-state index contributed by atoms with van der Waals surface area (Å²) in [5.41, 5.74) is 0. The molecule has 0 radical (unpaired) electrons. The van der Waals surface area contributed by atoms with E-state index in [0.717, 1.165) is 24.9 Å². The molecule has 2 aliphatic heterocycles. The van der Waals surface area contributed by atoms with Crippen LogP contribution >= 0.6 is 0 Å². The van der Waals surface area contributed by atoms with Gasteiger partial charge in [0.25, 0.3) is 0 Å². The maximum atomic E-state index is 10.2. The molecule has 2 heterocycles. The first-order chi connectivity index (χ1) is 10.2. The van der Waals surface area contributed by atoms with E-state index in [2.05, 4.69) is 16.7 Å². The van der Waals surface area contributed by atoms with Gasteiger partial charge in [0.1, 0.15) is 0 Å². The molecule has 1 saturated carbocycles. The fourth-order valence-electron chi connectivity index (χ4n) is 4.76. The van der Waals surface area contributed by atoms with Crippen LogP contribution in [0.15, 0.2) is 0 Å². The summed E-state index contributed by atoms with van der Waals surface area (Å²) in [5, 5.41) is 10.2. The van der Waals surface area contributed by atoms with Crippen molar-refractivity contribution < 1.29 is 5.11 Å². The lowest BCUT2D eigenvalue weighted by Gasteiger charge is -2.42. The third-order valence-electron chi connectivity index (χ3n) is 6.16. The van der Waals surface area contributed by atoms with Crippen LogP contribution in [0.3, 0.4) is 0 Å². The molecule has 2 saturated heterocycles. The van der Waals surface area contributed by atoms with Gasteiger partial charge in [-0.05, 0) is 83.0 Å². The van der Waals surface area contributed by atoms with Crippen molar-refractivity contribution >= 4 is 0 Å². The van der Waals surface area contributed by atoms with Gasteiger partial charge in [-0.15, -0.1) is 0 Å². The molecule has 3 unspecified atom stereocenters. The highest BCUT2D eigenvalue weighted by Gasteiger charge is 2.31. The second-order valence-electron chi connectivity index (χ2n) is 7.87. The van der Waals surface area contributed by atoms with E-state index in [9.17, 15) is 5.11 Å². The molecule has 21 heavy (non-hydrogen) atoms. The first kappa shape index (κ1) is 15.8. The van der Waals surface area contributed by atoms with Crippen molar-refractivity contribution in [1.82, 2.24) is 9.80 Å². The molecular weight excluding hydrogens is 260 g/mol. The van der Waals surface area contributed by atoms with Crippen LogP contribution in [0.2, 0.25) is 0 Å². The molecule has 122 valence electrons. The van der Waals surface area contributed by atoms with E-state index in [1.165, 1.54) is 71.1 Å². The van der Waals surface area contributed by atoms with Crippen molar-refractivity contribution in [1.29, 1.82) is 0 Å². The van der Waals surface area contributed by atoms with E-state index in [-0.39, 0.29) is 6.10 Å². The second kappa shape index (κ2) is 7.43. The molecular formula is C18H34N2O. The summed E-state index contributed by atoms with van der Waals surface area (Å²) in [4.78, 5) is 5.38. The highest BCUT2D eigenvalue weighted by molar-refractivity contribution is 4.85. The van der Waals surface area contributed by atoms with Gasteiger partial charge < -0.3 is 14.9 Å². The highest BCUT2D eigenvalue weighted by atomic mass is 16.3. The maximum Gasteiger partial charge on any atom is 0.0580 e. The molecule has 3 heteroatoms. The quantitative estimate of drug-likeness (QED) is 0.867. The summed E-state index contributed by atoms with van der Waals surface area (Å²) in [5.74, 6) is 1.34. The topological polar surface area (TPSA) is 26.7 Å². The van der Waals surface area contributed by atoms with Gasteiger partial charge in [-0.25, -0.2) is 0 Å². The van der Waals surface area contributed by atoms with Crippen LogP contribution in [0, 0.1) is 11.8 Å². The van der Waals surface area contributed by atoms with Crippen LogP contribution in [-0.4, -0.2) is 59.8 Å². The molecule has 3 nitrogen and oxygen atoms in total. The second-order valence-corrected chi connectivity index (χ2v) is 7.87. The summed E-state index contributed by atoms with van der Waals surface area (Å²) >= 11 is 0. The molecule has 0 amide bonds. The van der Waals surface area contributed by atoms with E-state index in [1.54, 1.807) is 0 Å². The average Bonchev–Trinajstić information content (AvgIpc) is 2.53. The lowest BCUT2D eigenvalue weighted by molar-refractivity contribution is 0.0177. The molecule has 0 aromatic carbocycles. The van der Waals surface area contributed by atoms with E-state index in [1.807, 2.05) is 0 Å². The van der Waals surface area contributed by atoms with Gasteiger partial charge in [-0.3, -0.25) is 0 Å². The van der Waals surface area contributed by atoms with Crippen LogP contribution in [0.25, 0.3) is 0 Å². The van der Waals surface area contributed by atoms with Crippen molar-refractivity contribution in [3.8, 4) is 0 Å². The zero-order valence-corrected chi connectivity index (χ0v) is 13.8. The van der Waals surface area contributed by atoms with Gasteiger partial charge >= 0.3 is 0 Å². The zero-order chi connectivity index (χ0) is 14.7. The Morgan fingerprint density at radius 1 is 0.905 bits per heavy atom. The average molecular weight is 294 g/mol. The van der Waals surface area contributed by atoms with Crippen molar-refractivity contribution in [2.45, 2.75) is 70.4 Å². The molecule has 1 aliphatic carbocycles. The fraction of sp³-hybridized carbons (Fsp3) is 1.00. The summed E-state index contributed by atoms with van der Waals surface area (Å²) in [6.07, 6.45) is 10.4. The molecule has 3 rings (SSSR count). The Bertz CT molecular complexity index is 308. The monoisotopic (exact) mass is 294 g/mol. The van der Waals surface area contributed by atoms with Gasteiger partial charge in [0.2, 0.25) is 0 Å². The minimum absolute atomic E-state index is 0.0407. The summed E-state index contributed by atoms with van der Waals surface area (Å²) in [6.45, 7) is 8.66. The van der Waals surface area contributed by atoms with E-state index in [4.69, 9.17) is 0 Å². The predicted molar refractivity (Wildman–Crippen MR) is 87.4 cm³/mol. The molecule has 0 bridgehead atoms. The van der Waals surface area contributed by atoms with E-state index in [0.29, 0.717) is 5.92 Å². The summed E-state index contributed by atoms with van der Waals surface area (Å²) in [7, 11) is 0. The van der Waals surface area contributed by atoms with Crippen LogP contribution in [-0.2, 0) is 0 Å². The molecule has 3 atom stereocenters. The molecule has 3 fully saturated rings. The number of likely N-dealkylation sites (tertiary alicyclic amines) is 2. The van der Waals surface area contributed by atoms with E-state index < -0.39 is 0 Å². The SMILES string of the molecule is CC1CCC(O)C(CN2CCC(N3CCCCC3)CC2)C1. The standard InChI is InChI=1S/C18H34N2O/c1-15-5-6-18(21)16(13-15)14-19-11-7-17(8-12-19)20-9-3-2-4-10-20/h15-18,21H,2-14H2,1H3. The smallest absolute Gasteiger partial charge is 0.0580 e. The zero-order valence-electron chi connectivity index (χ0n) is 13.8. The van der Waals surface area contributed by atoms with Crippen LogP contribution in [0.5, 0.6) is 0 Å². The van der Waals surface area contributed by atoms with Crippen molar-refractivity contribution in [3.63, 3.8) is 0 Å². The lowest BCUT2D eigenvalue weighted by Crippen LogP contribution is -2.48. The fourth-order valence-corrected chi connectivity index (χ4v) is 4.76. The number of rotatable bonds is 3. The van der Waals surface area contributed by atoms with Crippen molar-refractivity contribution in [2.75, 3.05) is 32.7 Å². The van der Waals surface area contributed by atoms with Crippen LogP contribution < -0.4 is 0 Å². The van der Waals surface area contributed by atoms with Gasteiger partial charge in [0, 0.05) is 12.6 Å². The third-order valence-corrected chi connectivity index (χ3v) is 6.16. The Balaban J connectivity index is 1.42. The Morgan fingerprint density at radius 3 is 2.33 bits per heavy atom. The Hall–Kier alpha value is -0.120. The molecule has 3 aliphatic rings.